The van der Waals surface area contributed by atoms with Crippen LogP contribution >= 0.6 is 0 Å². The van der Waals surface area contributed by atoms with E-state index in [2.05, 4.69) is 40.1 Å². The van der Waals surface area contributed by atoms with Gasteiger partial charge < -0.3 is 52.8 Å². The molecular weight excluding hydrogens is 829 g/mol. The maximum absolute atomic E-state index is 14.7. The molecule has 0 aliphatic carbocycles. The predicted octanol–water partition coefficient (Wildman–Crippen LogP) is 2.43. The Kier molecular flexibility index (Phi) is 17.5. The molecule has 0 spiro atoms. The number of pyridine rings is 1. The fourth-order valence-corrected chi connectivity index (χ4v) is 7.63. The van der Waals surface area contributed by atoms with Gasteiger partial charge in [-0.15, -0.1) is 0 Å². The maximum atomic E-state index is 14.7. The molecule has 0 saturated carbocycles. The maximum Gasteiger partial charge on any atom is 0.252 e. The number of benzene rings is 3. The third kappa shape index (κ3) is 12.7. The summed E-state index contributed by atoms with van der Waals surface area (Å²) in [5.41, 5.74) is 23.3. The summed E-state index contributed by atoms with van der Waals surface area (Å²) in [6, 6.07) is 16.5. The number of fused-ring (bicyclic) bond motifs is 5. The lowest BCUT2D eigenvalue weighted by Gasteiger charge is -2.32. The second-order valence-corrected chi connectivity index (χ2v) is 16.4. The van der Waals surface area contributed by atoms with Crippen molar-refractivity contribution in [2.75, 3.05) is 46.4 Å². The lowest BCUT2D eigenvalue weighted by molar-refractivity contribution is -0.141. The summed E-state index contributed by atoms with van der Waals surface area (Å²) in [6.07, 6.45) is 2.81. The lowest BCUT2D eigenvalue weighted by Crippen LogP contribution is -2.56. The summed E-state index contributed by atoms with van der Waals surface area (Å²) < 4.78 is 12.2. The van der Waals surface area contributed by atoms with Crippen LogP contribution in [-0.4, -0.2) is 104 Å². The molecule has 5 rings (SSSR count). The van der Waals surface area contributed by atoms with Gasteiger partial charge in [0.1, 0.15) is 55.4 Å². The molecule has 65 heavy (non-hydrogen) atoms. The molecule has 0 radical (unpaired) electrons. The zero-order valence-electron chi connectivity index (χ0n) is 37.6. The van der Waals surface area contributed by atoms with Crippen molar-refractivity contribution in [3.8, 4) is 40.0 Å². The number of hydrogen-bond donors (Lipinski definition) is 7. The van der Waals surface area contributed by atoms with Gasteiger partial charge >= 0.3 is 0 Å². The van der Waals surface area contributed by atoms with Crippen LogP contribution in [0.25, 0.3) is 22.4 Å². The van der Waals surface area contributed by atoms with Gasteiger partial charge in [-0.25, -0.2) is 0 Å². The number of nitriles is 1. The molecule has 0 fully saturated rings. The molecule has 4 atom stereocenters. The first kappa shape index (κ1) is 49.2. The average Bonchev–Trinajstić information content (AvgIpc) is 3.28. The summed E-state index contributed by atoms with van der Waals surface area (Å²) in [6.45, 7) is 7.97. The highest BCUT2D eigenvalue weighted by atomic mass is 16.5. The Morgan fingerprint density at radius 3 is 2.22 bits per heavy atom. The molecule has 1 aliphatic heterocycles. The summed E-state index contributed by atoms with van der Waals surface area (Å²) in [5.74, 6) is -1.91. The number of carbonyl (C=O) groups excluding carboxylic acids is 5. The zero-order chi connectivity index (χ0) is 47.2. The van der Waals surface area contributed by atoms with Crippen molar-refractivity contribution in [2.45, 2.75) is 71.1 Å². The molecule has 10 N–H and O–H groups in total. The van der Waals surface area contributed by atoms with Crippen LogP contribution in [0.3, 0.4) is 0 Å². The van der Waals surface area contributed by atoms with Crippen molar-refractivity contribution in [1.29, 1.82) is 5.26 Å². The highest BCUT2D eigenvalue weighted by Crippen LogP contribution is 2.40. The average molecular weight is 889 g/mol. The molecule has 5 amide bonds. The molecule has 3 aromatic carbocycles. The van der Waals surface area contributed by atoms with E-state index in [1.807, 2.05) is 30.5 Å². The van der Waals surface area contributed by atoms with Crippen LogP contribution in [0, 0.1) is 24.2 Å². The number of amides is 5. The monoisotopic (exact) mass is 888 g/mol. The van der Waals surface area contributed by atoms with Gasteiger partial charge in [-0.3, -0.25) is 29.0 Å². The molecule has 344 valence electrons. The van der Waals surface area contributed by atoms with Gasteiger partial charge in [-0.2, -0.15) is 5.26 Å². The number of likely N-dealkylation sites (N-methyl/N-ethyl adjacent to an activating group) is 1. The summed E-state index contributed by atoms with van der Waals surface area (Å²) in [5, 5.41) is 20.0. The minimum absolute atomic E-state index is 0.00780. The zero-order valence-corrected chi connectivity index (χ0v) is 37.6. The SMILES string of the molecule is Cc1cc(-c2ccc(CC(C)C)cn2)ccc1C(=O)N[C@@H](CCN)C(=O)N(C)[C@@H]1C(=O)N[C@@H](C)C(=O)N[C@H](C(=O)NCC#N)Cc2ccc(OCCN)c(c2)-c2cc1ccc2OCCN. The van der Waals surface area contributed by atoms with Gasteiger partial charge in [0.05, 0.1) is 11.8 Å². The predicted molar refractivity (Wildman–Crippen MR) is 246 cm³/mol. The van der Waals surface area contributed by atoms with Crippen molar-refractivity contribution < 1.29 is 33.4 Å². The minimum Gasteiger partial charge on any atom is -0.492 e. The van der Waals surface area contributed by atoms with E-state index in [4.69, 9.17) is 31.9 Å². The van der Waals surface area contributed by atoms with Crippen LogP contribution in [0.1, 0.15) is 65.8 Å². The molecule has 17 nitrogen and oxygen atoms in total. The van der Waals surface area contributed by atoms with E-state index in [9.17, 15) is 24.0 Å². The molecule has 2 heterocycles. The summed E-state index contributed by atoms with van der Waals surface area (Å²) in [4.78, 5) is 76.1. The van der Waals surface area contributed by atoms with E-state index < -0.39 is 53.7 Å². The van der Waals surface area contributed by atoms with Gasteiger partial charge in [0.15, 0.2) is 0 Å². The fourth-order valence-electron chi connectivity index (χ4n) is 7.63. The largest absolute Gasteiger partial charge is 0.492 e. The Balaban J connectivity index is 1.55. The molecule has 1 aromatic heterocycles. The minimum atomic E-state index is -1.38. The number of nitrogens with one attached hydrogen (secondary N) is 4. The second-order valence-electron chi connectivity index (χ2n) is 16.4. The number of nitrogens with zero attached hydrogens (tertiary/aromatic N) is 3. The first-order chi connectivity index (χ1) is 31.2. The van der Waals surface area contributed by atoms with Crippen LogP contribution in [0.15, 0.2) is 72.9 Å². The molecule has 4 aromatic rings. The van der Waals surface area contributed by atoms with E-state index in [-0.39, 0.29) is 52.2 Å². The standard InChI is InChI=1S/C48H60N10O7/c1-28(2)22-32-6-11-38(54-27-32)33-8-10-35(29(3)23-33)45(60)56-39(14-15-49)48(63)58(5)43-34-9-13-42(65-21-18-52)37(26-34)36-24-31(7-12-41(36)64-20-17-51)25-40(46(61)53-19-16-50)57-44(59)30(4)55-47(43)62/h6-13,23-24,26-28,30,39-40,43H,14-15,17-22,25,49,51-52H2,1-5H3,(H,53,61)(H,55,62)(H,56,60)(H,57,59)/t30-,39-,40-,43-/m0/s1. The third-order valence-corrected chi connectivity index (χ3v) is 10.8. The van der Waals surface area contributed by atoms with Crippen molar-refractivity contribution in [1.82, 2.24) is 31.2 Å². The van der Waals surface area contributed by atoms with Crippen LogP contribution in [0.5, 0.6) is 11.5 Å². The molecule has 1 aliphatic rings. The number of hydrogen-bond acceptors (Lipinski definition) is 12. The van der Waals surface area contributed by atoms with Crippen molar-refractivity contribution in [2.24, 2.45) is 23.1 Å². The van der Waals surface area contributed by atoms with Crippen LogP contribution < -0.4 is 47.9 Å². The number of aryl methyl sites for hydroxylation is 1. The molecule has 4 bridgehead atoms. The fraction of sp³-hybridized carbons (Fsp3) is 0.396. The number of nitrogens with two attached hydrogens (primary N) is 3. The molecule has 17 heteroatoms. The second kappa shape index (κ2) is 23.2. The molecular formula is C48H60N10O7. The van der Waals surface area contributed by atoms with Crippen LogP contribution in [0.2, 0.25) is 0 Å². The number of carbonyl (C=O) groups is 5. The highest BCUT2D eigenvalue weighted by Gasteiger charge is 2.36. The third-order valence-electron chi connectivity index (χ3n) is 10.8. The summed E-state index contributed by atoms with van der Waals surface area (Å²) >= 11 is 0. The smallest absolute Gasteiger partial charge is 0.252 e. The topological polar surface area (TPSA) is 270 Å². The Hall–Kier alpha value is -6.87. The Morgan fingerprint density at radius 1 is 0.908 bits per heavy atom. The molecule has 0 unspecified atom stereocenters. The van der Waals surface area contributed by atoms with Gasteiger partial charge in [-0.05, 0) is 104 Å². The highest BCUT2D eigenvalue weighted by molar-refractivity contribution is 6.00. The Bertz CT molecular complexity index is 2380. The lowest BCUT2D eigenvalue weighted by atomic mass is 9.93. The van der Waals surface area contributed by atoms with Crippen molar-refractivity contribution in [3.63, 3.8) is 0 Å². The molecule has 0 saturated heterocycles. The number of ether oxygens (including phenoxy) is 2. The summed E-state index contributed by atoms with van der Waals surface area (Å²) in [7, 11) is 1.43. The van der Waals surface area contributed by atoms with Gasteiger partial charge in [0.2, 0.25) is 23.6 Å². The van der Waals surface area contributed by atoms with E-state index in [1.54, 1.807) is 55.5 Å². The van der Waals surface area contributed by atoms with E-state index in [1.165, 1.54) is 18.9 Å². The van der Waals surface area contributed by atoms with Gasteiger partial charge in [-0.1, -0.05) is 38.1 Å². The van der Waals surface area contributed by atoms with Crippen molar-refractivity contribution in [3.05, 3.63) is 101 Å². The number of aromatic nitrogens is 1. The van der Waals surface area contributed by atoms with E-state index in [0.717, 1.165) is 23.2 Å². The van der Waals surface area contributed by atoms with Crippen LogP contribution in [-0.2, 0) is 32.0 Å². The van der Waals surface area contributed by atoms with Crippen LogP contribution in [0.4, 0.5) is 0 Å². The van der Waals surface area contributed by atoms with Crippen molar-refractivity contribution >= 4 is 29.5 Å². The Labute approximate surface area is 379 Å². The normalized spacial score (nSPS) is 16.5. The quantitative estimate of drug-likeness (QED) is 0.0754. The number of rotatable bonds is 17. The first-order valence-electron chi connectivity index (χ1n) is 21.7. The Morgan fingerprint density at radius 2 is 1.60 bits per heavy atom. The van der Waals surface area contributed by atoms with E-state index >= 15 is 0 Å². The van der Waals surface area contributed by atoms with E-state index in [0.29, 0.717) is 50.8 Å². The van der Waals surface area contributed by atoms with Gasteiger partial charge in [0.25, 0.3) is 5.91 Å². The first-order valence-corrected chi connectivity index (χ1v) is 21.7. The van der Waals surface area contributed by atoms with Gasteiger partial charge in [0, 0.05) is 55.0 Å².